The van der Waals surface area contributed by atoms with E-state index in [9.17, 15) is 0 Å². The van der Waals surface area contributed by atoms with E-state index in [-0.39, 0.29) is 35.5 Å². The molecule has 0 heterocycles. The van der Waals surface area contributed by atoms with Crippen molar-refractivity contribution in [1.82, 2.24) is 0 Å². The van der Waals surface area contributed by atoms with Crippen molar-refractivity contribution in [2.75, 3.05) is 0 Å². The smallest absolute Gasteiger partial charge is 1.00 e. The molecule has 0 aliphatic heterocycles. The molecule has 8 heavy (non-hydrogen) atoms. The summed E-state index contributed by atoms with van der Waals surface area (Å²) < 4.78 is 0. The molecule has 0 atom stereocenters. The van der Waals surface area contributed by atoms with Crippen LogP contribution >= 0.6 is 0 Å². The van der Waals surface area contributed by atoms with Gasteiger partial charge in [0.15, 0.2) is 0 Å². The molecule has 0 aliphatic rings. The average Bonchev–Trinajstić information content (AvgIpc) is 1.61. The third-order valence-electron chi connectivity index (χ3n) is 0.658. The summed E-state index contributed by atoms with van der Waals surface area (Å²) in [6, 6.07) is 0. The number of rotatable bonds is 3. The van der Waals surface area contributed by atoms with Gasteiger partial charge < -0.3 is 19.3 Å². The van der Waals surface area contributed by atoms with Crippen molar-refractivity contribution in [1.29, 1.82) is 0 Å². The second kappa shape index (κ2) is 15.7. The molecule has 2 heteroatoms. The molecule has 0 N–H and O–H groups in total. The number of hydrogen-bond donors (Lipinski definition) is 0. The molecule has 0 bridgehead atoms. The minimum Gasteiger partial charge on any atom is -1.00 e. The van der Waals surface area contributed by atoms with Crippen LogP contribution in [-0.2, 0) is 0 Å². The Morgan fingerprint density at radius 3 is 2.12 bits per heavy atom. The molecule has 0 rings (SSSR count). The summed E-state index contributed by atoms with van der Waals surface area (Å²) >= 11 is 0. The summed E-state index contributed by atoms with van der Waals surface area (Å²) in [5, 5.41) is 0. The van der Waals surface area contributed by atoms with Crippen molar-refractivity contribution in [3.05, 3.63) is 19.6 Å². The first-order valence-corrected chi connectivity index (χ1v) is 2.32. The maximum Gasteiger partial charge on any atom is 2.00 e. The van der Waals surface area contributed by atoms with Crippen molar-refractivity contribution in [3.63, 3.8) is 0 Å². The molecular weight excluding hydrogens is 132 g/mol. The van der Waals surface area contributed by atoms with Crippen LogP contribution in [0.1, 0.15) is 19.3 Å². The summed E-state index contributed by atoms with van der Waals surface area (Å²) in [7, 11) is 0. The van der Waals surface area contributed by atoms with Gasteiger partial charge in [-0.25, -0.2) is 0 Å². The predicted molar refractivity (Wildman–Crippen MR) is 35.2 cm³/mol. The van der Waals surface area contributed by atoms with Gasteiger partial charge in [-0.3, -0.25) is 0 Å². The Kier molecular flexibility index (Phi) is 31.1. The first kappa shape index (κ1) is 15.9. The summed E-state index contributed by atoms with van der Waals surface area (Å²) in [6.45, 7) is 7.25. The zero-order valence-electron chi connectivity index (χ0n) is 5.20. The second-order valence-electron chi connectivity index (χ2n) is 1.28. The van der Waals surface area contributed by atoms with Gasteiger partial charge in [0.1, 0.15) is 0 Å². The number of unbranched alkanes of at least 4 members (excludes halogenated alkanes) is 2. The van der Waals surface area contributed by atoms with Gasteiger partial charge in [0, 0.05) is 0 Å². The second-order valence-corrected chi connectivity index (χ2v) is 1.28. The minimum atomic E-state index is 0. The molecule has 0 nitrogen and oxygen atoms in total. The van der Waals surface area contributed by atoms with E-state index in [4.69, 9.17) is 0 Å². The van der Waals surface area contributed by atoms with E-state index in [0.29, 0.717) is 0 Å². The van der Waals surface area contributed by atoms with Gasteiger partial charge in [0.2, 0.25) is 0 Å². The first-order chi connectivity index (χ1) is 2.91. The maximum absolute atomic E-state index is 3.68. The van der Waals surface area contributed by atoms with Crippen molar-refractivity contribution in [2.45, 2.75) is 19.3 Å². The molecule has 0 aliphatic carbocycles. The fraction of sp³-hybridized carbons (Fsp3) is 0.500. The molecule has 0 radical (unpaired) electrons. The number of halogens is 1. The van der Waals surface area contributed by atoms with Crippen LogP contribution in [0.5, 0.6) is 0 Å². The normalized spacial score (nSPS) is 6.12. The molecule has 44 valence electrons. The quantitative estimate of drug-likeness (QED) is 0.201. The Morgan fingerprint density at radius 1 is 1.50 bits per heavy atom. The van der Waals surface area contributed by atoms with E-state index in [0.717, 1.165) is 12.8 Å². The molecular formula is C6H11ClMg. The van der Waals surface area contributed by atoms with Crippen molar-refractivity contribution in [2.24, 2.45) is 0 Å². The number of allylic oxidation sites excluding steroid dienone is 1. The maximum atomic E-state index is 3.68. The minimum absolute atomic E-state index is 0. The third kappa shape index (κ3) is 15.8. The van der Waals surface area contributed by atoms with Crippen molar-refractivity contribution < 1.29 is 12.4 Å². The largest absolute Gasteiger partial charge is 2.00 e. The van der Waals surface area contributed by atoms with Gasteiger partial charge in [-0.1, -0.05) is 12.5 Å². The Balaban J connectivity index is -0.000000125. The van der Waals surface area contributed by atoms with Crippen LogP contribution < -0.4 is 12.4 Å². The zero-order chi connectivity index (χ0) is 4.83. The average molecular weight is 143 g/mol. The standard InChI is InChI=1S/C6H11.ClH.Mg/c1-3-5-6-4-2;;/h3H,1-2,4-6H2;1H;/q-1;;+2/p-1. The summed E-state index contributed by atoms with van der Waals surface area (Å²) in [5.41, 5.74) is 0. The van der Waals surface area contributed by atoms with Gasteiger partial charge >= 0.3 is 23.1 Å². The van der Waals surface area contributed by atoms with Crippen LogP contribution in [-0.4, -0.2) is 23.1 Å². The fourth-order valence-corrected chi connectivity index (χ4v) is 0.289. The van der Waals surface area contributed by atoms with Crippen molar-refractivity contribution in [3.8, 4) is 0 Å². The van der Waals surface area contributed by atoms with Crippen LogP contribution in [0.25, 0.3) is 0 Å². The molecule has 0 unspecified atom stereocenters. The van der Waals surface area contributed by atoms with E-state index >= 15 is 0 Å². The third-order valence-corrected chi connectivity index (χ3v) is 0.658. The van der Waals surface area contributed by atoms with Crippen molar-refractivity contribution >= 4 is 23.1 Å². The molecule has 0 aromatic heterocycles. The van der Waals surface area contributed by atoms with Gasteiger partial charge in [-0.15, -0.1) is 6.58 Å². The van der Waals surface area contributed by atoms with Crippen LogP contribution in [0.15, 0.2) is 12.7 Å². The molecule has 0 amide bonds. The Hall–Kier alpha value is 0.796. The number of hydrogen-bond acceptors (Lipinski definition) is 0. The molecule has 0 aromatic rings. The molecule has 0 saturated heterocycles. The Bertz CT molecular complexity index is 37.5. The van der Waals surface area contributed by atoms with E-state index in [1.54, 1.807) is 0 Å². The SMILES string of the molecule is C=CCCC[CH2-].[Cl-].[Mg+2]. The molecule has 0 spiro atoms. The van der Waals surface area contributed by atoms with E-state index in [2.05, 4.69) is 13.5 Å². The van der Waals surface area contributed by atoms with Crippen LogP contribution in [0.4, 0.5) is 0 Å². The molecule has 0 aromatic carbocycles. The summed E-state index contributed by atoms with van der Waals surface area (Å²) in [5.74, 6) is 0. The fourth-order valence-electron chi connectivity index (χ4n) is 0.289. The Labute approximate surface area is 74.3 Å². The van der Waals surface area contributed by atoms with E-state index < -0.39 is 0 Å². The molecule has 0 saturated carbocycles. The summed E-state index contributed by atoms with van der Waals surface area (Å²) in [6.07, 6.45) is 5.25. The summed E-state index contributed by atoms with van der Waals surface area (Å²) in [4.78, 5) is 0. The first-order valence-electron chi connectivity index (χ1n) is 2.32. The zero-order valence-corrected chi connectivity index (χ0v) is 7.37. The topological polar surface area (TPSA) is 0 Å². The van der Waals surface area contributed by atoms with Crippen LogP contribution in [0.2, 0.25) is 0 Å². The van der Waals surface area contributed by atoms with E-state index in [1.165, 1.54) is 6.42 Å². The van der Waals surface area contributed by atoms with Gasteiger partial charge in [-0.05, 0) is 6.42 Å². The molecule has 0 fully saturated rings. The van der Waals surface area contributed by atoms with Gasteiger partial charge in [0.05, 0.1) is 0 Å². The van der Waals surface area contributed by atoms with Gasteiger partial charge in [0.25, 0.3) is 0 Å². The predicted octanol–water partition coefficient (Wildman–Crippen LogP) is -1.20. The monoisotopic (exact) mass is 142 g/mol. The van der Waals surface area contributed by atoms with E-state index in [1.807, 2.05) is 6.08 Å². The van der Waals surface area contributed by atoms with Crippen LogP contribution in [0, 0.1) is 6.92 Å². The van der Waals surface area contributed by atoms with Gasteiger partial charge in [-0.2, -0.15) is 6.42 Å². The Morgan fingerprint density at radius 2 is 2.00 bits per heavy atom. The van der Waals surface area contributed by atoms with Crippen LogP contribution in [0.3, 0.4) is 0 Å².